The normalized spacial score (nSPS) is 11.3. The lowest BCUT2D eigenvalue weighted by Gasteiger charge is -2.04. The summed E-state index contributed by atoms with van der Waals surface area (Å²) >= 11 is 4.85. The van der Waals surface area contributed by atoms with E-state index < -0.39 is 11.2 Å². The average Bonchev–Trinajstić information content (AvgIpc) is 1.62. The van der Waals surface area contributed by atoms with Crippen molar-refractivity contribution < 1.29 is 13.2 Å². The first-order valence-corrected chi connectivity index (χ1v) is 2.63. The van der Waals surface area contributed by atoms with Crippen LogP contribution in [0.25, 0.3) is 0 Å². The van der Waals surface area contributed by atoms with Gasteiger partial charge in [0.05, 0.1) is 0 Å². The van der Waals surface area contributed by atoms with Crippen molar-refractivity contribution in [1.29, 1.82) is 0 Å². The summed E-state index contributed by atoms with van der Waals surface area (Å²) in [6.07, 6.45) is -4.37. The van der Waals surface area contributed by atoms with Gasteiger partial charge in [-0.3, -0.25) is 0 Å². The molecular weight excluding hydrogens is 153 g/mol. The molecule has 0 radical (unpaired) electrons. The van der Waals surface area contributed by atoms with Crippen molar-refractivity contribution in [3.8, 4) is 0 Å². The fourth-order valence-corrected chi connectivity index (χ4v) is 0.283. The van der Waals surface area contributed by atoms with E-state index in [2.05, 4.69) is 0 Å². The Kier molecular flexibility index (Phi) is 2.55. The van der Waals surface area contributed by atoms with Gasteiger partial charge < -0.3 is 0 Å². The fraction of sp³-hybridized carbons (Fsp3) is 0.600. The largest absolute Gasteiger partial charge is 0.426 e. The standard InChI is InChI=1S/C5H6ClF3/c1-3(2)4(6)5(7,8)9/h1-2H3. The molecule has 0 saturated heterocycles. The van der Waals surface area contributed by atoms with Crippen LogP contribution in [0.5, 0.6) is 0 Å². The molecule has 9 heavy (non-hydrogen) atoms. The minimum Gasteiger partial charge on any atom is -0.165 e. The highest BCUT2D eigenvalue weighted by atomic mass is 35.5. The Labute approximate surface area is 56.3 Å². The van der Waals surface area contributed by atoms with E-state index in [0.29, 0.717) is 0 Å². The molecule has 0 N–H and O–H groups in total. The summed E-state index contributed by atoms with van der Waals surface area (Å²) in [6, 6.07) is 0. The molecule has 0 heterocycles. The van der Waals surface area contributed by atoms with Gasteiger partial charge in [-0.25, -0.2) is 0 Å². The van der Waals surface area contributed by atoms with E-state index in [1.807, 2.05) is 0 Å². The zero-order valence-electron chi connectivity index (χ0n) is 5.01. The van der Waals surface area contributed by atoms with Gasteiger partial charge in [0.25, 0.3) is 0 Å². The number of alkyl halides is 3. The van der Waals surface area contributed by atoms with E-state index in [0.717, 1.165) is 0 Å². The summed E-state index contributed by atoms with van der Waals surface area (Å²) in [5, 5.41) is -1.03. The van der Waals surface area contributed by atoms with E-state index in [-0.39, 0.29) is 5.57 Å². The molecule has 0 aliphatic carbocycles. The third kappa shape index (κ3) is 2.75. The van der Waals surface area contributed by atoms with Crippen molar-refractivity contribution in [3.05, 3.63) is 10.6 Å². The Balaban J connectivity index is 4.40. The molecule has 0 amide bonds. The molecule has 0 rings (SSSR count). The summed E-state index contributed by atoms with van der Waals surface area (Å²) in [4.78, 5) is 0. The van der Waals surface area contributed by atoms with Crippen LogP contribution in [-0.2, 0) is 0 Å². The van der Waals surface area contributed by atoms with Gasteiger partial charge >= 0.3 is 6.18 Å². The Bertz CT molecular complexity index is 130. The molecule has 4 heteroatoms. The van der Waals surface area contributed by atoms with Gasteiger partial charge in [-0.05, 0) is 13.8 Å². The second-order valence-corrected chi connectivity index (χ2v) is 2.19. The predicted octanol–water partition coefficient (Wildman–Crippen LogP) is 3.08. The topological polar surface area (TPSA) is 0 Å². The average molecular weight is 159 g/mol. The molecule has 0 bridgehead atoms. The zero-order chi connectivity index (χ0) is 7.65. The second-order valence-electron chi connectivity index (χ2n) is 1.81. The summed E-state index contributed by atoms with van der Waals surface area (Å²) in [6.45, 7) is 2.63. The van der Waals surface area contributed by atoms with Crippen LogP contribution in [0.1, 0.15) is 13.8 Å². The number of rotatable bonds is 0. The van der Waals surface area contributed by atoms with E-state index in [1.54, 1.807) is 0 Å². The molecule has 0 aliphatic rings. The molecule has 0 aromatic heterocycles. The number of hydrogen-bond acceptors (Lipinski definition) is 0. The second kappa shape index (κ2) is 2.60. The maximum absolute atomic E-state index is 11.5. The summed E-state index contributed by atoms with van der Waals surface area (Å²) in [5.41, 5.74) is 0.0872. The highest BCUT2D eigenvalue weighted by Crippen LogP contribution is 2.30. The first-order valence-electron chi connectivity index (χ1n) is 2.26. The maximum Gasteiger partial charge on any atom is 0.426 e. The molecule has 0 aromatic rings. The number of hydrogen-bond donors (Lipinski definition) is 0. The first-order chi connectivity index (χ1) is 3.85. The van der Waals surface area contributed by atoms with Crippen LogP contribution >= 0.6 is 11.6 Å². The van der Waals surface area contributed by atoms with Gasteiger partial charge in [0.1, 0.15) is 5.03 Å². The molecule has 0 fully saturated rings. The lowest BCUT2D eigenvalue weighted by Crippen LogP contribution is -2.07. The van der Waals surface area contributed by atoms with Crippen LogP contribution in [0.3, 0.4) is 0 Å². The van der Waals surface area contributed by atoms with Crippen LogP contribution in [0, 0.1) is 0 Å². The Morgan fingerprint density at radius 3 is 1.56 bits per heavy atom. The van der Waals surface area contributed by atoms with Crippen LogP contribution < -0.4 is 0 Å². The van der Waals surface area contributed by atoms with E-state index in [4.69, 9.17) is 11.6 Å². The predicted molar refractivity (Wildman–Crippen MR) is 30.3 cm³/mol. The van der Waals surface area contributed by atoms with Gasteiger partial charge in [-0.15, -0.1) is 0 Å². The van der Waals surface area contributed by atoms with Crippen molar-refractivity contribution in [2.45, 2.75) is 20.0 Å². The fourth-order valence-electron chi connectivity index (χ4n) is 0.283. The third-order valence-electron chi connectivity index (χ3n) is 0.688. The summed E-state index contributed by atoms with van der Waals surface area (Å²) in [5.74, 6) is 0. The third-order valence-corrected chi connectivity index (χ3v) is 1.28. The van der Waals surface area contributed by atoms with E-state index in [1.165, 1.54) is 13.8 Å². The van der Waals surface area contributed by atoms with Gasteiger partial charge in [-0.1, -0.05) is 17.2 Å². The van der Waals surface area contributed by atoms with Crippen LogP contribution in [-0.4, -0.2) is 6.18 Å². The molecule has 0 nitrogen and oxygen atoms in total. The molecule has 0 saturated carbocycles. The van der Waals surface area contributed by atoms with Gasteiger partial charge in [-0.2, -0.15) is 13.2 Å². The smallest absolute Gasteiger partial charge is 0.165 e. The monoisotopic (exact) mass is 158 g/mol. The highest BCUT2D eigenvalue weighted by Gasteiger charge is 2.32. The Hall–Kier alpha value is -0.180. The molecule has 0 aromatic carbocycles. The SMILES string of the molecule is CC(C)=C(Cl)C(F)(F)F. The zero-order valence-corrected chi connectivity index (χ0v) is 5.77. The van der Waals surface area contributed by atoms with Crippen molar-refractivity contribution in [2.75, 3.05) is 0 Å². The minimum atomic E-state index is -4.37. The van der Waals surface area contributed by atoms with Gasteiger partial charge in [0, 0.05) is 0 Å². The molecular formula is C5H6ClF3. The van der Waals surface area contributed by atoms with Crippen molar-refractivity contribution in [2.24, 2.45) is 0 Å². The molecule has 0 aliphatic heterocycles. The molecule has 54 valence electrons. The number of halogens is 4. The quantitative estimate of drug-likeness (QED) is 0.508. The highest BCUT2D eigenvalue weighted by molar-refractivity contribution is 6.30. The number of allylic oxidation sites excluding steroid dienone is 2. The van der Waals surface area contributed by atoms with Gasteiger partial charge in [0.2, 0.25) is 0 Å². The van der Waals surface area contributed by atoms with Crippen molar-refractivity contribution in [1.82, 2.24) is 0 Å². The van der Waals surface area contributed by atoms with Crippen molar-refractivity contribution >= 4 is 11.6 Å². The Morgan fingerprint density at radius 2 is 1.56 bits per heavy atom. The van der Waals surface area contributed by atoms with Crippen LogP contribution in [0.15, 0.2) is 10.6 Å². The Morgan fingerprint density at radius 1 is 1.22 bits per heavy atom. The van der Waals surface area contributed by atoms with Crippen molar-refractivity contribution in [3.63, 3.8) is 0 Å². The van der Waals surface area contributed by atoms with E-state index >= 15 is 0 Å². The van der Waals surface area contributed by atoms with E-state index in [9.17, 15) is 13.2 Å². The maximum atomic E-state index is 11.5. The summed E-state index contributed by atoms with van der Waals surface area (Å²) < 4.78 is 34.5. The van der Waals surface area contributed by atoms with Crippen LogP contribution in [0.4, 0.5) is 13.2 Å². The molecule has 0 spiro atoms. The molecule has 0 unspecified atom stereocenters. The van der Waals surface area contributed by atoms with Gasteiger partial charge in [0.15, 0.2) is 0 Å². The summed E-state index contributed by atoms with van der Waals surface area (Å²) in [7, 11) is 0. The first kappa shape index (κ1) is 8.82. The lowest BCUT2D eigenvalue weighted by atomic mass is 10.3. The van der Waals surface area contributed by atoms with Crippen LogP contribution in [0.2, 0.25) is 0 Å². The molecule has 0 atom stereocenters. The minimum absolute atomic E-state index is 0.0872. The lowest BCUT2D eigenvalue weighted by molar-refractivity contribution is -0.0852.